The van der Waals surface area contributed by atoms with E-state index in [1.165, 1.54) is 0 Å². The van der Waals surface area contributed by atoms with Crippen LogP contribution >= 0.6 is 0 Å². The number of hydrogen-bond donors (Lipinski definition) is 3. The smallest absolute Gasteiger partial charge is 0.192 e. The molecule has 0 spiro atoms. The second-order valence-corrected chi connectivity index (χ2v) is 13.8. The Morgan fingerprint density at radius 1 is 1.29 bits per heavy atom. The number of Topliss-reactive ketones (excluding diaryl/α,β-unsaturated/α-hetero) is 1. The maximum absolute atomic E-state index is 12.2. The zero-order valence-corrected chi connectivity index (χ0v) is 16.7. The summed E-state index contributed by atoms with van der Waals surface area (Å²) >= 11 is 0. The molecule has 2 aliphatic rings. The molecule has 0 radical (unpaired) electrons. The standard InChI is InChI=1S/C18H32O5Si/c1-17(2,3)24(5,6)23-14-9-13(21)16(22)15-11(10-19)12(20)7-8-18(14,15)4/h13-14,16,19,21-22H,7-10H2,1-6H3/t13-,14+,16-,18-/m1/s1. The minimum Gasteiger partial charge on any atom is -0.413 e. The minimum absolute atomic E-state index is 0.0263. The fraction of sp³-hybridized carbons (Fsp3) is 0.833. The summed E-state index contributed by atoms with van der Waals surface area (Å²) in [5.74, 6) is -0.135. The number of carbonyl (C=O) groups excluding carboxylic acids is 1. The molecule has 0 aromatic carbocycles. The van der Waals surface area contributed by atoms with Crippen molar-refractivity contribution < 1.29 is 24.5 Å². The van der Waals surface area contributed by atoms with Crippen molar-refractivity contribution in [2.45, 2.75) is 83.4 Å². The molecule has 138 valence electrons. The average molecular weight is 357 g/mol. The summed E-state index contributed by atoms with van der Waals surface area (Å²) in [6.45, 7) is 12.4. The highest BCUT2D eigenvalue weighted by molar-refractivity contribution is 6.74. The van der Waals surface area contributed by atoms with E-state index in [0.29, 0.717) is 24.8 Å². The van der Waals surface area contributed by atoms with Gasteiger partial charge in [-0.25, -0.2) is 0 Å². The van der Waals surface area contributed by atoms with E-state index in [2.05, 4.69) is 33.9 Å². The lowest BCUT2D eigenvalue weighted by Gasteiger charge is -2.53. The van der Waals surface area contributed by atoms with Crippen LogP contribution in [-0.4, -0.2) is 54.3 Å². The van der Waals surface area contributed by atoms with Gasteiger partial charge in [0.1, 0.15) is 6.10 Å². The number of rotatable bonds is 3. The zero-order valence-electron chi connectivity index (χ0n) is 15.7. The molecule has 0 heterocycles. The maximum atomic E-state index is 12.2. The summed E-state index contributed by atoms with van der Waals surface area (Å²) in [5, 5.41) is 30.6. The Kier molecular flexibility index (Phi) is 5.21. The molecule has 1 saturated carbocycles. The van der Waals surface area contributed by atoms with E-state index in [1.807, 2.05) is 6.92 Å². The van der Waals surface area contributed by atoms with Crippen molar-refractivity contribution in [1.82, 2.24) is 0 Å². The van der Waals surface area contributed by atoms with E-state index in [4.69, 9.17) is 4.43 Å². The molecule has 0 saturated heterocycles. The Morgan fingerprint density at radius 3 is 2.38 bits per heavy atom. The van der Waals surface area contributed by atoms with Crippen LogP contribution in [-0.2, 0) is 9.22 Å². The molecule has 2 rings (SSSR count). The van der Waals surface area contributed by atoms with Gasteiger partial charge in [-0.05, 0) is 30.1 Å². The first-order valence-corrected chi connectivity index (χ1v) is 11.7. The molecule has 0 bridgehead atoms. The monoisotopic (exact) mass is 356 g/mol. The second kappa shape index (κ2) is 6.32. The van der Waals surface area contributed by atoms with Crippen LogP contribution in [0.2, 0.25) is 18.1 Å². The molecular formula is C18H32O5Si. The quantitative estimate of drug-likeness (QED) is 0.675. The number of aliphatic hydroxyl groups is 3. The van der Waals surface area contributed by atoms with Crippen LogP contribution in [0.15, 0.2) is 11.1 Å². The van der Waals surface area contributed by atoms with Gasteiger partial charge in [0.2, 0.25) is 0 Å². The maximum Gasteiger partial charge on any atom is 0.192 e. The average Bonchev–Trinajstić information content (AvgIpc) is 2.45. The van der Waals surface area contributed by atoms with Crippen molar-refractivity contribution in [2.24, 2.45) is 5.41 Å². The number of hydrogen-bond acceptors (Lipinski definition) is 5. The summed E-state index contributed by atoms with van der Waals surface area (Å²) in [6.07, 6.45) is -1.08. The van der Waals surface area contributed by atoms with Gasteiger partial charge in [0.25, 0.3) is 0 Å². The molecule has 3 N–H and O–H groups in total. The van der Waals surface area contributed by atoms with E-state index < -0.39 is 32.5 Å². The molecular weight excluding hydrogens is 324 g/mol. The molecule has 0 unspecified atom stereocenters. The van der Waals surface area contributed by atoms with Crippen molar-refractivity contribution in [1.29, 1.82) is 0 Å². The van der Waals surface area contributed by atoms with Gasteiger partial charge >= 0.3 is 0 Å². The fourth-order valence-corrected chi connectivity index (χ4v) is 5.11. The Labute approximate surface area is 145 Å². The minimum atomic E-state index is -2.08. The first kappa shape index (κ1) is 19.8. The molecule has 2 aliphatic carbocycles. The highest BCUT2D eigenvalue weighted by atomic mass is 28.4. The topological polar surface area (TPSA) is 87.0 Å². The highest BCUT2D eigenvalue weighted by Crippen LogP contribution is 2.52. The van der Waals surface area contributed by atoms with E-state index >= 15 is 0 Å². The third kappa shape index (κ3) is 3.15. The van der Waals surface area contributed by atoms with Gasteiger partial charge in [-0.2, -0.15) is 0 Å². The molecule has 0 aromatic heterocycles. The highest BCUT2D eigenvalue weighted by Gasteiger charge is 2.54. The summed E-state index contributed by atoms with van der Waals surface area (Å²) in [4.78, 5) is 12.2. The molecule has 0 aromatic rings. The van der Waals surface area contributed by atoms with Crippen LogP contribution in [0.1, 0.15) is 47.0 Å². The number of fused-ring (bicyclic) bond motifs is 1. The summed E-state index contributed by atoms with van der Waals surface area (Å²) in [7, 11) is -2.08. The molecule has 24 heavy (non-hydrogen) atoms. The van der Waals surface area contributed by atoms with Crippen LogP contribution in [0.25, 0.3) is 0 Å². The lowest BCUT2D eigenvalue weighted by atomic mass is 9.60. The van der Waals surface area contributed by atoms with Crippen molar-refractivity contribution in [3.63, 3.8) is 0 Å². The fourth-order valence-electron chi connectivity index (χ4n) is 3.69. The Bertz CT molecular complexity index is 548. The summed E-state index contributed by atoms with van der Waals surface area (Å²) in [5.41, 5.74) is 0.225. The van der Waals surface area contributed by atoms with Gasteiger partial charge < -0.3 is 19.7 Å². The van der Waals surface area contributed by atoms with Gasteiger partial charge in [-0.1, -0.05) is 27.7 Å². The SMILES string of the molecule is CC(C)(C)[Si](C)(C)O[C@H]1C[C@@H](O)[C@@H](O)C2=C(CO)C(=O)CC[C@@]21C. The van der Waals surface area contributed by atoms with Gasteiger partial charge in [0.15, 0.2) is 14.1 Å². The van der Waals surface area contributed by atoms with Gasteiger partial charge in [-0.15, -0.1) is 0 Å². The number of ketones is 1. The Hall–Kier alpha value is -0.533. The molecule has 0 amide bonds. The van der Waals surface area contributed by atoms with E-state index in [-0.39, 0.29) is 22.5 Å². The Morgan fingerprint density at radius 2 is 1.88 bits per heavy atom. The normalized spacial score (nSPS) is 35.2. The lowest BCUT2D eigenvalue weighted by Crippen LogP contribution is -2.57. The van der Waals surface area contributed by atoms with Crippen LogP contribution in [0, 0.1) is 5.41 Å². The third-order valence-corrected chi connectivity index (χ3v) is 10.9. The predicted molar refractivity (Wildman–Crippen MR) is 95.2 cm³/mol. The predicted octanol–water partition coefficient (Wildman–Crippen LogP) is 2.16. The first-order valence-electron chi connectivity index (χ1n) is 8.76. The number of aliphatic hydroxyl groups excluding tert-OH is 3. The van der Waals surface area contributed by atoms with Crippen molar-refractivity contribution in [3.8, 4) is 0 Å². The van der Waals surface area contributed by atoms with Gasteiger partial charge in [0, 0.05) is 23.8 Å². The number of carbonyl (C=O) groups is 1. The summed E-state index contributed by atoms with van der Waals surface area (Å²) < 4.78 is 6.60. The van der Waals surface area contributed by atoms with Crippen molar-refractivity contribution in [3.05, 3.63) is 11.1 Å². The van der Waals surface area contributed by atoms with Crippen molar-refractivity contribution >= 4 is 14.1 Å². The molecule has 1 fully saturated rings. The zero-order chi connectivity index (χ0) is 18.5. The molecule has 4 atom stereocenters. The van der Waals surface area contributed by atoms with Crippen LogP contribution in [0.3, 0.4) is 0 Å². The van der Waals surface area contributed by atoms with Crippen LogP contribution < -0.4 is 0 Å². The van der Waals surface area contributed by atoms with Gasteiger partial charge in [-0.3, -0.25) is 4.79 Å². The molecule has 0 aliphatic heterocycles. The van der Waals surface area contributed by atoms with E-state index in [9.17, 15) is 20.1 Å². The van der Waals surface area contributed by atoms with Crippen molar-refractivity contribution in [2.75, 3.05) is 6.61 Å². The van der Waals surface area contributed by atoms with Gasteiger partial charge in [0.05, 0.1) is 18.8 Å². The van der Waals surface area contributed by atoms with E-state index in [1.54, 1.807) is 0 Å². The largest absolute Gasteiger partial charge is 0.413 e. The summed E-state index contributed by atoms with van der Waals surface area (Å²) in [6, 6.07) is 0. The molecule has 6 heteroatoms. The first-order chi connectivity index (χ1) is 10.8. The van der Waals surface area contributed by atoms with Crippen LogP contribution in [0.5, 0.6) is 0 Å². The second-order valence-electron chi connectivity index (χ2n) is 9.01. The van der Waals surface area contributed by atoms with Crippen LogP contribution in [0.4, 0.5) is 0 Å². The lowest BCUT2D eigenvalue weighted by molar-refractivity contribution is -0.121. The molecule has 5 nitrogen and oxygen atoms in total. The third-order valence-electron chi connectivity index (χ3n) is 6.38. The van der Waals surface area contributed by atoms with E-state index in [0.717, 1.165) is 0 Å². The Balaban J connectivity index is 2.48.